The molecular formula is C13H20O. The maximum atomic E-state index is 10.5. The minimum atomic E-state index is 0.176. The Morgan fingerprint density at radius 2 is 1.50 bits per heavy atom. The molecule has 0 amide bonds. The fourth-order valence-electron chi connectivity index (χ4n) is 1.17. The van der Waals surface area contributed by atoms with Gasteiger partial charge in [0.2, 0.25) is 0 Å². The lowest BCUT2D eigenvalue weighted by Gasteiger charge is -1.97. The van der Waals surface area contributed by atoms with Gasteiger partial charge in [0, 0.05) is 12.8 Å². The maximum absolute atomic E-state index is 10.5. The molecule has 0 atom stereocenters. The van der Waals surface area contributed by atoms with Gasteiger partial charge in [0.1, 0.15) is 5.78 Å². The van der Waals surface area contributed by atoms with Gasteiger partial charge in [-0.15, -0.1) is 13.2 Å². The number of Topliss-reactive ketones (excluding diaryl/α,β-unsaturated/α-hetero) is 1. The fourth-order valence-corrected chi connectivity index (χ4v) is 1.17. The molecule has 0 N–H and O–H groups in total. The molecule has 0 aliphatic heterocycles. The van der Waals surface area contributed by atoms with Crippen LogP contribution in [-0.2, 0) is 4.79 Å². The third-order valence-corrected chi connectivity index (χ3v) is 1.90. The van der Waals surface area contributed by atoms with Crippen molar-refractivity contribution in [2.75, 3.05) is 0 Å². The molecule has 0 bridgehead atoms. The molecule has 0 fully saturated rings. The molecule has 14 heavy (non-hydrogen) atoms. The van der Waals surface area contributed by atoms with Gasteiger partial charge < -0.3 is 0 Å². The van der Waals surface area contributed by atoms with E-state index in [1.807, 2.05) is 0 Å². The van der Waals surface area contributed by atoms with E-state index >= 15 is 0 Å². The number of hydrogen-bond donors (Lipinski definition) is 0. The van der Waals surface area contributed by atoms with Crippen molar-refractivity contribution in [2.24, 2.45) is 0 Å². The van der Waals surface area contributed by atoms with E-state index in [1.54, 1.807) is 12.2 Å². The Labute approximate surface area is 87.2 Å². The summed E-state index contributed by atoms with van der Waals surface area (Å²) in [5.41, 5.74) is 0. The first-order valence-electron chi connectivity index (χ1n) is 5.19. The van der Waals surface area contributed by atoms with Crippen molar-refractivity contribution in [3.8, 4) is 0 Å². The number of allylic oxidation sites excluding steroid dienone is 4. The highest BCUT2D eigenvalue weighted by molar-refractivity contribution is 5.80. The average molecular weight is 192 g/mol. The number of rotatable bonds is 4. The molecule has 0 saturated carbocycles. The standard InChI is InChI=1S/C7H10O.C6H10/c1-3-5-7(8)6-4-2;1-2-4-6-5-3-1/h3-4H,1-2,5-6H2;1-2H,3-6H2. The van der Waals surface area contributed by atoms with E-state index in [-0.39, 0.29) is 5.78 Å². The summed E-state index contributed by atoms with van der Waals surface area (Å²) in [6.07, 6.45) is 14.1. The first kappa shape index (κ1) is 12.9. The van der Waals surface area contributed by atoms with Crippen LogP contribution in [0.3, 0.4) is 0 Å². The summed E-state index contributed by atoms with van der Waals surface area (Å²) in [6, 6.07) is 0. The van der Waals surface area contributed by atoms with Gasteiger partial charge in [-0.3, -0.25) is 4.79 Å². The van der Waals surface area contributed by atoms with Crippen molar-refractivity contribution in [3.05, 3.63) is 37.5 Å². The zero-order valence-corrected chi connectivity index (χ0v) is 8.87. The van der Waals surface area contributed by atoms with Crippen LogP contribution in [-0.4, -0.2) is 5.78 Å². The van der Waals surface area contributed by atoms with Crippen LogP contribution in [0.15, 0.2) is 37.5 Å². The number of ketones is 1. The molecule has 0 aromatic heterocycles. The van der Waals surface area contributed by atoms with Crippen LogP contribution in [0.5, 0.6) is 0 Å². The van der Waals surface area contributed by atoms with E-state index in [0.29, 0.717) is 12.8 Å². The molecule has 0 aromatic carbocycles. The Morgan fingerprint density at radius 1 is 1.07 bits per heavy atom. The van der Waals surface area contributed by atoms with Gasteiger partial charge in [-0.2, -0.15) is 0 Å². The molecule has 1 aliphatic rings. The Bertz CT molecular complexity index is 181. The first-order valence-corrected chi connectivity index (χ1v) is 5.19. The van der Waals surface area contributed by atoms with Crippen molar-refractivity contribution in [1.82, 2.24) is 0 Å². The molecule has 1 heteroatoms. The van der Waals surface area contributed by atoms with Gasteiger partial charge in [0.25, 0.3) is 0 Å². The van der Waals surface area contributed by atoms with Crippen molar-refractivity contribution >= 4 is 5.78 Å². The van der Waals surface area contributed by atoms with Crippen molar-refractivity contribution in [3.63, 3.8) is 0 Å². The van der Waals surface area contributed by atoms with Crippen LogP contribution in [0.25, 0.3) is 0 Å². The van der Waals surface area contributed by atoms with Crippen LogP contribution in [0.4, 0.5) is 0 Å². The van der Waals surface area contributed by atoms with Gasteiger partial charge in [-0.25, -0.2) is 0 Å². The Morgan fingerprint density at radius 3 is 1.71 bits per heavy atom. The highest BCUT2D eigenvalue weighted by atomic mass is 16.1. The van der Waals surface area contributed by atoms with Gasteiger partial charge in [-0.1, -0.05) is 24.3 Å². The van der Waals surface area contributed by atoms with E-state index in [2.05, 4.69) is 25.3 Å². The Hall–Kier alpha value is -1.11. The Balaban J connectivity index is 0.000000249. The lowest BCUT2D eigenvalue weighted by atomic mass is 10.1. The van der Waals surface area contributed by atoms with Crippen LogP contribution in [0.1, 0.15) is 38.5 Å². The topological polar surface area (TPSA) is 17.1 Å². The van der Waals surface area contributed by atoms with Gasteiger partial charge in [-0.05, 0) is 25.7 Å². The van der Waals surface area contributed by atoms with Crippen LogP contribution in [0.2, 0.25) is 0 Å². The van der Waals surface area contributed by atoms with Crippen LogP contribution >= 0.6 is 0 Å². The summed E-state index contributed by atoms with van der Waals surface area (Å²) in [7, 11) is 0. The molecule has 0 aromatic rings. The molecular weight excluding hydrogens is 172 g/mol. The third-order valence-electron chi connectivity index (χ3n) is 1.90. The van der Waals surface area contributed by atoms with Gasteiger partial charge in [0.15, 0.2) is 0 Å². The highest BCUT2D eigenvalue weighted by Crippen LogP contribution is 2.07. The molecule has 1 nitrogen and oxygen atoms in total. The molecule has 0 saturated heterocycles. The quantitative estimate of drug-likeness (QED) is 0.619. The van der Waals surface area contributed by atoms with E-state index < -0.39 is 0 Å². The molecule has 1 aliphatic carbocycles. The lowest BCUT2D eigenvalue weighted by Crippen LogP contribution is -1.90. The summed E-state index contributed by atoms with van der Waals surface area (Å²) in [5.74, 6) is 0.176. The maximum Gasteiger partial charge on any atom is 0.140 e. The number of hydrogen-bond acceptors (Lipinski definition) is 1. The minimum absolute atomic E-state index is 0.176. The SMILES string of the molecule is C1=CCCCC1.C=CCC(=O)CC=C. The van der Waals surface area contributed by atoms with Crippen molar-refractivity contribution in [2.45, 2.75) is 38.5 Å². The second kappa shape index (κ2) is 9.97. The fraction of sp³-hybridized carbons (Fsp3) is 0.462. The van der Waals surface area contributed by atoms with E-state index in [9.17, 15) is 4.79 Å². The first-order chi connectivity index (χ1) is 6.81. The molecule has 0 spiro atoms. The van der Waals surface area contributed by atoms with E-state index in [4.69, 9.17) is 0 Å². The third kappa shape index (κ3) is 8.98. The predicted molar refractivity (Wildman–Crippen MR) is 62.2 cm³/mol. The average Bonchev–Trinajstić information content (AvgIpc) is 2.22. The second-order valence-electron chi connectivity index (χ2n) is 3.28. The molecule has 78 valence electrons. The molecule has 0 unspecified atom stereocenters. The van der Waals surface area contributed by atoms with Crippen molar-refractivity contribution < 1.29 is 4.79 Å². The Kier molecular flexibility index (Phi) is 9.18. The summed E-state index contributed by atoms with van der Waals surface area (Å²) >= 11 is 0. The van der Waals surface area contributed by atoms with E-state index in [0.717, 1.165) is 0 Å². The molecule has 0 radical (unpaired) electrons. The predicted octanol–water partition coefficient (Wildman–Crippen LogP) is 3.82. The number of carbonyl (C=O) groups is 1. The van der Waals surface area contributed by atoms with E-state index in [1.165, 1.54) is 25.7 Å². The smallest absolute Gasteiger partial charge is 0.140 e. The highest BCUT2D eigenvalue weighted by Gasteiger charge is 1.91. The largest absolute Gasteiger partial charge is 0.299 e. The van der Waals surface area contributed by atoms with Crippen molar-refractivity contribution in [1.29, 1.82) is 0 Å². The summed E-state index contributed by atoms with van der Waals surface area (Å²) in [6.45, 7) is 6.86. The van der Waals surface area contributed by atoms with Crippen LogP contribution in [0, 0.1) is 0 Å². The summed E-state index contributed by atoms with van der Waals surface area (Å²) in [5, 5.41) is 0. The zero-order valence-electron chi connectivity index (χ0n) is 8.87. The number of carbonyl (C=O) groups excluding carboxylic acids is 1. The minimum Gasteiger partial charge on any atom is -0.299 e. The lowest BCUT2D eigenvalue weighted by molar-refractivity contribution is -0.117. The zero-order chi connectivity index (χ0) is 10.6. The summed E-state index contributed by atoms with van der Waals surface area (Å²) < 4.78 is 0. The summed E-state index contributed by atoms with van der Waals surface area (Å²) in [4.78, 5) is 10.5. The van der Waals surface area contributed by atoms with Gasteiger partial charge in [0.05, 0.1) is 0 Å². The van der Waals surface area contributed by atoms with Crippen LogP contribution < -0.4 is 0 Å². The molecule has 1 rings (SSSR count). The second-order valence-corrected chi connectivity index (χ2v) is 3.28. The monoisotopic (exact) mass is 192 g/mol. The van der Waals surface area contributed by atoms with Gasteiger partial charge >= 0.3 is 0 Å². The molecule has 0 heterocycles. The normalized spacial score (nSPS) is 13.7.